The molecule has 0 saturated heterocycles. The van der Waals surface area contributed by atoms with Crippen LogP contribution in [0, 0.1) is 11.6 Å². The smallest absolute Gasteiger partial charge is 0.224 e. The molecule has 3 rings (SSSR count). The summed E-state index contributed by atoms with van der Waals surface area (Å²) in [6.45, 7) is -0.0372. The standard InChI is InChI=1S/C21H17F2NO/c22-19-10-11-20(23)18(13-19)14-24-21(25)12-15-6-8-17(9-7-15)16-4-2-1-3-5-16/h1-11,13H,12,14H2,(H,24,25). The number of carbonyl (C=O) groups excluding carboxylic acids is 1. The van der Waals surface area contributed by atoms with Crippen LogP contribution in [0.2, 0.25) is 0 Å². The summed E-state index contributed by atoms with van der Waals surface area (Å²) in [6.07, 6.45) is 0.187. The van der Waals surface area contributed by atoms with Crippen molar-refractivity contribution in [2.24, 2.45) is 0 Å². The first-order valence-corrected chi connectivity index (χ1v) is 7.97. The van der Waals surface area contributed by atoms with E-state index in [4.69, 9.17) is 0 Å². The molecule has 0 atom stereocenters. The molecule has 126 valence electrons. The van der Waals surface area contributed by atoms with Gasteiger partial charge in [-0.1, -0.05) is 54.6 Å². The van der Waals surface area contributed by atoms with Crippen LogP contribution in [0.5, 0.6) is 0 Å². The first kappa shape index (κ1) is 16.8. The maximum absolute atomic E-state index is 13.5. The van der Waals surface area contributed by atoms with Gasteiger partial charge >= 0.3 is 0 Å². The third-order valence-electron chi connectivity index (χ3n) is 3.91. The van der Waals surface area contributed by atoms with Crippen molar-refractivity contribution >= 4 is 5.91 Å². The summed E-state index contributed by atoms with van der Waals surface area (Å²) in [5.41, 5.74) is 3.18. The number of hydrogen-bond donors (Lipinski definition) is 1. The molecule has 0 spiro atoms. The zero-order chi connectivity index (χ0) is 17.6. The highest BCUT2D eigenvalue weighted by molar-refractivity contribution is 5.78. The molecule has 25 heavy (non-hydrogen) atoms. The number of nitrogens with one attached hydrogen (secondary N) is 1. The van der Waals surface area contributed by atoms with E-state index in [9.17, 15) is 13.6 Å². The Labute approximate surface area is 145 Å². The molecule has 0 aliphatic rings. The maximum Gasteiger partial charge on any atom is 0.224 e. The second kappa shape index (κ2) is 7.71. The monoisotopic (exact) mass is 337 g/mol. The van der Waals surface area contributed by atoms with E-state index in [0.717, 1.165) is 34.9 Å². The Bertz CT molecular complexity index is 861. The Kier molecular flexibility index (Phi) is 5.19. The van der Waals surface area contributed by atoms with Crippen molar-refractivity contribution in [2.45, 2.75) is 13.0 Å². The highest BCUT2D eigenvalue weighted by Crippen LogP contribution is 2.19. The third-order valence-corrected chi connectivity index (χ3v) is 3.91. The summed E-state index contributed by atoms with van der Waals surface area (Å²) in [5, 5.41) is 2.62. The van der Waals surface area contributed by atoms with Crippen LogP contribution in [0.15, 0.2) is 72.8 Å². The lowest BCUT2D eigenvalue weighted by molar-refractivity contribution is -0.120. The van der Waals surface area contributed by atoms with E-state index in [-0.39, 0.29) is 24.4 Å². The average Bonchev–Trinajstić information content (AvgIpc) is 2.64. The van der Waals surface area contributed by atoms with Gasteiger partial charge in [-0.3, -0.25) is 4.79 Å². The lowest BCUT2D eigenvalue weighted by Gasteiger charge is -2.08. The fourth-order valence-electron chi connectivity index (χ4n) is 2.57. The predicted octanol–water partition coefficient (Wildman–Crippen LogP) is 4.49. The molecule has 0 unspecified atom stereocenters. The topological polar surface area (TPSA) is 29.1 Å². The zero-order valence-corrected chi connectivity index (χ0v) is 13.5. The Morgan fingerprint density at radius 1 is 0.840 bits per heavy atom. The van der Waals surface area contributed by atoms with Gasteiger partial charge in [0, 0.05) is 12.1 Å². The van der Waals surface area contributed by atoms with Gasteiger partial charge in [0.1, 0.15) is 11.6 Å². The van der Waals surface area contributed by atoms with Crippen LogP contribution in [0.25, 0.3) is 11.1 Å². The molecule has 3 aromatic rings. The first-order chi connectivity index (χ1) is 12.1. The van der Waals surface area contributed by atoms with Gasteiger partial charge in [0.05, 0.1) is 6.42 Å². The second-order valence-electron chi connectivity index (χ2n) is 5.75. The third kappa shape index (κ3) is 4.51. The van der Waals surface area contributed by atoms with Crippen LogP contribution in [-0.4, -0.2) is 5.91 Å². The molecule has 1 amide bonds. The summed E-state index contributed by atoms with van der Waals surface area (Å²) in [4.78, 5) is 12.0. The SMILES string of the molecule is O=C(Cc1ccc(-c2ccccc2)cc1)NCc1cc(F)ccc1F. The average molecular weight is 337 g/mol. The number of halogens is 2. The predicted molar refractivity (Wildman–Crippen MR) is 93.8 cm³/mol. The van der Waals surface area contributed by atoms with Crippen LogP contribution < -0.4 is 5.32 Å². The van der Waals surface area contributed by atoms with Gasteiger partial charge in [-0.05, 0) is 34.9 Å². The van der Waals surface area contributed by atoms with Crippen molar-refractivity contribution in [3.05, 3.63) is 95.6 Å². The zero-order valence-electron chi connectivity index (χ0n) is 13.5. The van der Waals surface area contributed by atoms with E-state index in [1.807, 2.05) is 54.6 Å². The van der Waals surface area contributed by atoms with Crippen molar-refractivity contribution in [2.75, 3.05) is 0 Å². The summed E-state index contributed by atoms with van der Waals surface area (Å²) in [7, 11) is 0. The van der Waals surface area contributed by atoms with E-state index in [0.29, 0.717) is 0 Å². The molecular formula is C21H17F2NO. The van der Waals surface area contributed by atoms with Crippen molar-refractivity contribution in [1.29, 1.82) is 0 Å². The Morgan fingerprint density at radius 3 is 2.24 bits per heavy atom. The molecule has 4 heteroatoms. The maximum atomic E-state index is 13.5. The van der Waals surface area contributed by atoms with Crippen LogP contribution >= 0.6 is 0 Å². The fraction of sp³-hybridized carbons (Fsp3) is 0.0952. The van der Waals surface area contributed by atoms with Crippen LogP contribution in [0.3, 0.4) is 0 Å². The van der Waals surface area contributed by atoms with E-state index in [1.165, 1.54) is 0 Å². The molecule has 2 nitrogen and oxygen atoms in total. The van der Waals surface area contributed by atoms with Crippen molar-refractivity contribution in [3.8, 4) is 11.1 Å². The van der Waals surface area contributed by atoms with Crippen LogP contribution in [0.1, 0.15) is 11.1 Å². The van der Waals surface area contributed by atoms with Crippen molar-refractivity contribution in [1.82, 2.24) is 5.32 Å². The molecule has 0 heterocycles. The Morgan fingerprint density at radius 2 is 1.52 bits per heavy atom. The summed E-state index contributed by atoms with van der Waals surface area (Å²) in [6, 6.07) is 20.9. The largest absolute Gasteiger partial charge is 0.352 e. The van der Waals surface area contributed by atoms with Gasteiger partial charge in [-0.15, -0.1) is 0 Å². The molecule has 0 fully saturated rings. The van der Waals surface area contributed by atoms with Crippen molar-refractivity contribution < 1.29 is 13.6 Å². The quantitative estimate of drug-likeness (QED) is 0.730. The lowest BCUT2D eigenvalue weighted by atomic mass is 10.0. The van der Waals surface area contributed by atoms with E-state index < -0.39 is 11.6 Å². The minimum absolute atomic E-state index is 0.0372. The highest BCUT2D eigenvalue weighted by atomic mass is 19.1. The second-order valence-corrected chi connectivity index (χ2v) is 5.75. The molecular weight excluding hydrogens is 320 g/mol. The summed E-state index contributed by atoms with van der Waals surface area (Å²) in [5.74, 6) is -1.30. The van der Waals surface area contributed by atoms with Crippen molar-refractivity contribution in [3.63, 3.8) is 0 Å². The number of hydrogen-bond acceptors (Lipinski definition) is 1. The van der Waals surface area contributed by atoms with E-state index >= 15 is 0 Å². The van der Waals surface area contributed by atoms with Gasteiger partial charge in [0.2, 0.25) is 5.91 Å². The molecule has 0 aliphatic carbocycles. The molecule has 0 aliphatic heterocycles. The van der Waals surface area contributed by atoms with Gasteiger partial charge in [0.25, 0.3) is 0 Å². The van der Waals surface area contributed by atoms with Gasteiger partial charge in [-0.2, -0.15) is 0 Å². The number of rotatable bonds is 5. The minimum atomic E-state index is -0.533. The lowest BCUT2D eigenvalue weighted by Crippen LogP contribution is -2.25. The van der Waals surface area contributed by atoms with Gasteiger partial charge < -0.3 is 5.32 Å². The van der Waals surface area contributed by atoms with Gasteiger partial charge in [0.15, 0.2) is 0 Å². The normalized spacial score (nSPS) is 10.5. The molecule has 3 aromatic carbocycles. The fourth-order valence-corrected chi connectivity index (χ4v) is 2.57. The van der Waals surface area contributed by atoms with Crippen LogP contribution in [-0.2, 0) is 17.8 Å². The first-order valence-electron chi connectivity index (χ1n) is 7.97. The minimum Gasteiger partial charge on any atom is -0.352 e. The van der Waals surface area contributed by atoms with Crippen LogP contribution in [0.4, 0.5) is 8.78 Å². The molecule has 0 aromatic heterocycles. The summed E-state index contributed by atoms with van der Waals surface area (Å²) < 4.78 is 26.7. The number of carbonyl (C=O) groups is 1. The van der Waals surface area contributed by atoms with E-state index in [2.05, 4.69) is 5.32 Å². The van der Waals surface area contributed by atoms with Gasteiger partial charge in [-0.25, -0.2) is 8.78 Å². The molecule has 0 saturated carbocycles. The number of amides is 1. The van der Waals surface area contributed by atoms with E-state index in [1.54, 1.807) is 0 Å². The molecule has 1 N–H and O–H groups in total. The summed E-state index contributed by atoms with van der Waals surface area (Å²) >= 11 is 0. The Hall–Kier alpha value is -3.01. The highest BCUT2D eigenvalue weighted by Gasteiger charge is 2.07. The Balaban J connectivity index is 1.59. The molecule has 0 radical (unpaired) electrons. The number of benzene rings is 3. The molecule has 0 bridgehead atoms.